The van der Waals surface area contributed by atoms with E-state index in [4.69, 9.17) is 18.9 Å². The van der Waals surface area contributed by atoms with Crippen molar-refractivity contribution in [3.8, 4) is 11.5 Å². The van der Waals surface area contributed by atoms with Crippen molar-refractivity contribution in [2.45, 2.75) is 96.2 Å². The third-order valence-corrected chi connectivity index (χ3v) is 8.92. The summed E-state index contributed by atoms with van der Waals surface area (Å²) >= 11 is 0. The highest BCUT2D eigenvalue weighted by Gasteiger charge is 2.48. The first-order chi connectivity index (χ1) is 25.7. The molecule has 1 fully saturated rings. The van der Waals surface area contributed by atoms with Crippen LogP contribution in [0.1, 0.15) is 58.4 Å². The number of nitrogens with one attached hydrogen (secondary N) is 2. The van der Waals surface area contributed by atoms with Gasteiger partial charge in [-0.2, -0.15) is 8.42 Å². The maximum Gasteiger partial charge on any atom is 0.335 e. The van der Waals surface area contributed by atoms with Gasteiger partial charge in [-0.3, -0.25) is 33.4 Å². The molecule has 0 aliphatic carbocycles. The maximum atomic E-state index is 12.8. The van der Waals surface area contributed by atoms with Crippen molar-refractivity contribution >= 4 is 45.7 Å². The number of rotatable bonds is 20. The number of carboxylic acid groups (broad SMARTS) is 1. The summed E-state index contributed by atoms with van der Waals surface area (Å²) in [7, 11) is -4.69. The van der Waals surface area contributed by atoms with Crippen LogP contribution in [-0.2, 0) is 55.0 Å². The molecule has 0 spiro atoms. The molecule has 0 saturated carbocycles. The quantitative estimate of drug-likeness (QED) is 0.0352. The third kappa shape index (κ3) is 13.8. The van der Waals surface area contributed by atoms with Gasteiger partial charge in [0, 0.05) is 43.3 Å². The van der Waals surface area contributed by atoms with Gasteiger partial charge in [-0.15, -0.1) is 0 Å². The Morgan fingerprint density at radius 3 is 2.25 bits per heavy atom. The minimum Gasteiger partial charge on any atom is -0.493 e. The lowest BCUT2D eigenvalue weighted by Gasteiger charge is -2.38. The zero-order valence-electron chi connectivity index (χ0n) is 30.4. The fourth-order valence-electron chi connectivity index (χ4n) is 5.14. The van der Waals surface area contributed by atoms with E-state index in [9.17, 15) is 62.2 Å². The van der Waals surface area contributed by atoms with Crippen molar-refractivity contribution in [1.82, 2.24) is 15.5 Å². The van der Waals surface area contributed by atoms with Gasteiger partial charge in [-0.1, -0.05) is 6.42 Å². The van der Waals surface area contributed by atoms with Crippen molar-refractivity contribution < 1.29 is 81.1 Å². The van der Waals surface area contributed by atoms with Gasteiger partial charge in [0.25, 0.3) is 21.9 Å². The van der Waals surface area contributed by atoms with E-state index in [1.807, 2.05) is 0 Å². The number of carbonyl (C=O) groups is 6. The average Bonchev–Trinajstić information content (AvgIpc) is 3.41. The number of aliphatic carboxylic acids is 1. The van der Waals surface area contributed by atoms with Gasteiger partial charge in [-0.05, 0) is 52.2 Å². The maximum absolute atomic E-state index is 12.8. The third-order valence-electron chi connectivity index (χ3n) is 8.17. The number of aliphatic hydroxyl groups is 3. The highest BCUT2D eigenvalue weighted by atomic mass is 32.2. The summed E-state index contributed by atoms with van der Waals surface area (Å²) in [5, 5.41) is 44.5. The number of carboxylic acids is 1. The van der Waals surface area contributed by atoms with Gasteiger partial charge in [0.15, 0.2) is 6.10 Å². The van der Waals surface area contributed by atoms with E-state index in [0.29, 0.717) is 24.8 Å². The first-order valence-corrected chi connectivity index (χ1v) is 18.9. The molecule has 0 bridgehead atoms. The van der Waals surface area contributed by atoms with Gasteiger partial charge in [0.2, 0.25) is 18.1 Å². The van der Waals surface area contributed by atoms with E-state index >= 15 is 0 Å². The minimum absolute atomic E-state index is 0.0381. The molecule has 55 heavy (non-hydrogen) atoms. The number of carbonyl (C=O) groups excluding carboxylic acids is 5. The van der Waals surface area contributed by atoms with E-state index in [1.165, 1.54) is 18.2 Å². The predicted molar refractivity (Wildman–Crippen MR) is 186 cm³/mol. The number of benzene rings is 1. The molecule has 0 aromatic heterocycles. The smallest absolute Gasteiger partial charge is 0.335 e. The molecule has 7 N–H and O–H groups in total. The zero-order chi connectivity index (χ0) is 41.1. The van der Waals surface area contributed by atoms with E-state index in [0.717, 1.165) is 17.1 Å². The van der Waals surface area contributed by atoms with Gasteiger partial charge in [-0.25, -0.2) is 4.79 Å². The summed E-state index contributed by atoms with van der Waals surface area (Å²) in [4.78, 5) is 73.5. The molecule has 0 unspecified atom stereocenters. The molecule has 0 radical (unpaired) electrons. The number of amides is 4. The molecule has 21 heteroatoms. The van der Waals surface area contributed by atoms with Crippen molar-refractivity contribution in [3.63, 3.8) is 0 Å². The van der Waals surface area contributed by atoms with Crippen LogP contribution in [-0.4, -0.2) is 136 Å². The molecule has 2 aliphatic rings. The molecule has 3 rings (SSSR count). The number of nitrogens with zero attached hydrogens (tertiary/aromatic N) is 1. The highest BCUT2D eigenvalue weighted by molar-refractivity contribution is 7.85. The average molecular weight is 802 g/mol. The summed E-state index contributed by atoms with van der Waals surface area (Å²) in [6, 6.07) is 2.50. The van der Waals surface area contributed by atoms with Crippen LogP contribution in [0.15, 0.2) is 30.4 Å². The summed E-state index contributed by atoms with van der Waals surface area (Å²) in [5.74, 6) is -5.60. The predicted octanol–water partition coefficient (Wildman–Crippen LogP) is -1.21. The number of unbranched alkanes of at least 4 members (excludes halogenated alkanes) is 2. The van der Waals surface area contributed by atoms with Crippen molar-refractivity contribution in [1.29, 1.82) is 0 Å². The van der Waals surface area contributed by atoms with Crippen LogP contribution in [0, 0.1) is 5.41 Å². The normalized spacial score (nSPS) is 21.9. The van der Waals surface area contributed by atoms with Crippen LogP contribution < -0.4 is 20.1 Å². The molecule has 20 nitrogen and oxygen atoms in total. The summed E-state index contributed by atoms with van der Waals surface area (Å²) in [6.07, 6.45) is -5.83. The Morgan fingerprint density at radius 2 is 1.64 bits per heavy atom. The van der Waals surface area contributed by atoms with Crippen molar-refractivity contribution in [2.24, 2.45) is 5.41 Å². The fourth-order valence-corrected chi connectivity index (χ4v) is 5.79. The van der Waals surface area contributed by atoms with Crippen LogP contribution >= 0.6 is 0 Å². The minimum atomic E-state index is -4.69. The topological polar surface area (TPSA) is 302 Å². The van der Waals surface area contributed by atoms with Gasteiger partial charge >= 0.3 is 11.9 Å². The van der Waals surface area contributed by atoms with Crippen molar-refractivity contribution in [3.05, 3.63) is 35.9 Å². The number of hydrogen-bond donors (Lipinski definition) is 7. The van der Waals surface area contributed by atoms with Crippen LogP contribution in [0.25, 0.3) is 0 Å². The number of aliphatic hydroxyl groups excluding tert-OH is 3. The van der Waals surface area contributed by atoms with E-state index in [2.05, 4.69) is 10.6 Å². The molecule has 2 aliphatic heterocycles. The molecular weight excluding hydrogens is 754 g/mol. The molecule has 1 saturated heterocycles. The van der Waals surface area contributed by atoms with Crippen LogP contribution in [0.2, 0.25) is 0 Å². The number of esters is 1. The number of hydrogen-bond acceptors (Lipinski definition) is 15. The molecule has 4 amide bonds. The van der Waals surface area contributed by atoms with Gasteiger partial charge in [0.1, 0.15) is 48.2 Å². The first kappa shape index (κ1) is 44.7. The second-order valence-corrected chi connectivity index (χ2v) is 15.3. The number of ether oxygens (including phenoxy) is 4. The Balaban J connectivity index is 1.57. The molecule has 6 atom stereocenters. The van der Waals surface area contributed by atoms with E-state index in [1.54, 1.807) is 20.8 Å². The lowest BCUT2D eigenvalue weighted by molar-refractivity contribution is -0.271. The zero-order valence-corrected chi connectivity index (χ0v) is 31.2. The van der Waals surface area contributed by atoms with Crippen LogP contribution in [0.5, 0.6) is 11.5 Å². The molecule has 2 heterocycles. The standard InChI is InChI=1S/C34H47N3O17S/c1-34(2,3)33(47)52-17-19-9-10-20(53-32-28(43)26(41)27(42)29(54-32)31(45)46)16-22(19)51-15-7-13-35-30(44)21(18-55(48,49)50)36-23(38)8-5-4-6-14-37-24(39)11-12-25(37)40/h9-12,16,21,26-29,32,41-43H,4-8,13-15,17-18H2,1-3H3,(H,35,44)(H,36,38)(H,45,46)(H,48,49,50)/t21-,26-,27-,28-,29-,32+/m0/s1. The monoisotopic (exact) mass is 801 g/mol. The Hall–Kier alpha value is -4.67. The SMILES string of the molecule is CC(C)(C)C(=O)OCc1ccc(O[C@@H]2O[C@H](C(=O)O)[C@@H](O)[C@H](O)[C@@H]2O)cc1OCCCNC(=O)[C@H](CS(=O)(=O)O)NC(=O)CCCCCN1C(=O)C=CC1=O. The van der Waals surface area contributed by atoms with Crippen LogP contribution in [0.4, 0.5) is 0 Å². The molecule has 1 aromatic rings. The summed E-state index contributed by atoms with van der Waals surface area (Å²) in [6.45, 7) is 4.69. The Kier molecular flexibility index (Phi) is 16.1. The first-order valence-electron chi connectivity index (χ1n) is 17.3. The summed E-state index contributed by atoms with van der Waals surface area (Å²) < 4.78 is 54.5. The Labute approximate surface area is 316 Å². The van der Waals surface area contributed by atoms with E-state index in [-0.39, 0.29) is 50.6 Å². The second-order valence-electron chi connectivity index (χ2n) is 13.8. The summed E-state index contributed by atoms with van der Waals surface area (Å²) in [5.41, 5.74) is -0.476. The lowest BCUT2D eigenvalue weighted by atomic mass is 9.97. The van der Waals surface area contributed by atoms with Crippen LogP contribution in [0.3, 0.4) is 0 Å². The molecule has 306 valence electrons. The second kappa shape index (κ2) is 19.8. The molecule has 1 aromatic carbocycles. The van der Waals surface area contributed by atoms with E-state index < -0.39 is 93.6 Å². The van der Waals surface area contributed by atoms with Gasteiger partial charge < -0.3 is 50.0 Å². The van der Waals surface area contributed by atoms with Gasteiger partial charge in [0.05, 0.1) is 12.0 Å². The molecular formula is C34H47N3O17S. The highest BCUT2D eigenvalue weighted by Crippen LogP contribution is 2.30. The lowest BCUT2D eigenvalue weighted by Crippen LogP contribution is -2.61. The Bertz CT molecular complexity index is 1690. The fraction of sp³-hybridized carbons (Fsp3) is 0.588. The number of imide groups is 1. The largest absolute Gasteiger partial charge is 0.493 e. The Morgan fingerprint density at radius 1 is 0.964 bits per heavy atom. The van der Waals surface area contributed by atoms with Crippen molar-refractivity contribution in [2.75, 3.05) is 25.4 Å².